The van der Waals surface area contributed by atoms with Crippen molar-refractivity contribution in [3.63, 3.8) is 0 Å². The minimum absolute atomic E-state index is 0.771. The SMILES string of the molecule is O=S1(=Nc2ccc(CBr)cc2)CCCC1. The van der Waals surface area contributed by atoms with Crippen LogP contribution in [0.1, 0.15) is 18.4 Å². The van der Waals surface area contributed by atoms with Crippen LogP contribution >= 0.6 is 15.9 Å². The molecule has 1 heterocycles. The van der Waals surface area contributed by atoms with Gasteiger partial charge in [0.05, 0.1) is 15.4 Å². The summed E-state index contributed by atoms with van der Waals surface area (Å²) in [5.74, 6) is 1.54. The van der Waals surface area contributed by atoms with Crippen molar-refractivity contribution in [3.05, 3.63) is 29.8 Å². The van der Waals surface area contributed by atoms with Gasteiger partial charge in [0.15, 0.2) is 0 Å². The van der Waals surface area contributed by atoms with E-state index in [4.69, 9.17) is 0 Å². The summed E-state index contributed by atoms with van der Waals surface area (Å²) in [5.41, 5.74) is 2.07. The first-order valence-corrected chi connectivity index (χ1v) is 8.07. The summed E-state index contributed by atoms with van der Waals surface area (Å²) in [6.07, 6.45) is 2.11. The number of benzene rings is 1. The Hall–Kier alpha value is -0.350. The first kappa shape index (κ1) is 11.1. The third-order valence-corrected chi connectivity index (χ3v) is 5.58. The van der Waals surface area contributed by atoms with Crippen LogP contribution < -0.4 is 0 Å². The number of halogens is 1. The van der Waals surface area contributed by atoms with Crippen LogP contribution in [-0.4, -0.2) is 15.7 Å². The Labute approximate surface area is 99.4 Å². The fraction of sp³-hybridized carbons (Fsp3) is 0.455. The molecule has 82 valence electrons. The van der Waals surface area contributed by atoms with E-state index in [1.807, 2.05) is 24.3 Å². The lowest BCUT2D eigenvalue weighted by Crippen LogP contribution is -1.99. The zero-order chi connectivity index (χ0) is 10.7. The third kappa shape index (κ3) is 2.82. The number of hydrogen-bond acceptors (Lipinski definition) is 2. The number of rotatable bonds is 2. The van der Waals surface area contributed by atoms with Crippen LogP contribution in [-0.2, 0) is 15.1 Å². The first-order valence-electron chi connectivity index (χ1n) is 5.09. The standard InChI is InChI=1S/C11H14BrNOS/c12-9-10-3-5-11(6-4-10)13-15(14)7-1-2-8-15/h3-6H,1-2,7-9H2. The molecule has 1 aromatic rings. The summed E-state index contributed by atoms with van der Waals surface area (Å²) in [6.45, 7) is 0. The predicted octanol–water partition coefficient (Wildman–Crippen LogP) is 3.47. The summed E-state index contributed by atoms with van der Waals surface area (Å²) in [6, 6.07) is 7.93. The average Bonchev–Trinajstić information content (AvgIpc) is 2.66. The van der Waals surface area contributed by atoms with Gasteiger partial charge in [-0.15, -0.1) is 0 Å². The van der Waals surface area contributed by atoms with Gasteiger partial charge in [0.1, 0.15) is 0 Å². The molecule has 0 bridgehead atoms. The summed E-state index contributed by atoms with van der Waals surface area (Å²) in [7, 11) is -1.91. The lowest BCUT2D eigenvalue weighted by molar-refractivity contribution is 0.681. The van der Waals surface area contributed by atoms with Gasteiger partial charge < -0.3 is 0 Å². The van der Waals surface area contributed by atoms with Gasteiger partial charge in [0.25, 0.3) is 0 Å². The molecule has 0 radical (unpaired) electrons. The molecule has 2 rings (SSSR count). The Bertz CT molecular complexity index is 434. The predicted molar refractivity (Wildman–Crippen MR) is 68.3 cm³/mol. The second kappa shape index (κ2) is 4.66. The van der Waals surface area contributed by atoms with Crippen molar-refractivity contribution in [2.24, 2.45) is 4.36 Å². The summed E-state index contributed by atoms with van der Waals surface area (Å²) in [4.78, 5) is 0. The summed E-state index contributed by atoms with van der Waals surface area (Å²) < 4.78 is 16.5. The topological polar surface area (TPSA) is 29.4 Å². The van der Waals surface area contributed by atoms with E-state index in [2.05, 4.69) is 20.3 Å². The van der Waals surface area contributed by atoms with Gasteiger partial charge in [-0.1, -0.05) is 28.1 Å². The fourth-order valence-electron chi connectivity index (χ4n) is 1.69. The van der Waals surface area contributed by atoms with E-state index in [0.717, 1.165) is 35.4 Å². The van der Waals surface area contributed by atoms with E-state index in [9.17, 15) is 4.21 Å². The molecule has 0 N–H and O–H groups in total. The highest BCUT2D eigenvalue weighted by atomic mass is 79.9. The van der Waals surface area contributed by atoms with Crippen molar-refractivity contribution >= 4 is 31.3 Å². The van der Waals surface area contributed by atoms with Crippen molar-refractivity contribution in [1.82, 2.24) is 0 Å². The molecule has 1 saturated heterocycles. The molecule has 0 aliphatic carbocycles. The smallest absolute Gasteiger partial charge is 0.0730 e. The quantitative estimate of drug-likeness (QED) is 0.766. The Morgan fingerprint density at radius 3 is 2.33 bits per heavy atom. The van der Waals surface area contributed by atoms with Gasteiger partial charge in [-0.2, -0.15) is 4.36 Å². The minimum atomic E-state index is -1.91. The van der Waals surface area contributed by atoms with Gasteiger partial charge in [0.2, 0.25) is 0 Å². The minimum Gasteiger partial charge on any atom is -0.249 e. The van der Waals surface area contributed by atoms with E-state index in [-0.39, 0.29) is 0 Å². The molecule has 0 atom stereocenters. The van der Waals surface area contributed by atoms with Crippen LogP contribution in [0.4, 0.5) is 5.69 Å². The molecule has 1 fully saturated rings. The zero-order valence-corrected chi connectivity index (χ0v) is 10.9. The summed E-state index contributed by atoms with van der Waals surface area (Å²) in [5, 5.41) is 0.850. The second-order valence-corrected chi connectivity index (χ2v) is 6.88. The first-order chi connectivity index (χ1) is 7.22. The highest BCUT2D eigenvalue weighted by molar-refractivity contribution is 9.08. The maximum Gasteiger partial charge on any atom is 0.0730 e. The van der Waals surface area contributed by atoms with Crippen LogP contribution in [0.15, 0.2) is 28.6 Å². The van der Waals surface area contributed by atoms with E-state index in [0.29, 0.717) is 0 Å². The molecule has 1 aliphatic heterocycles. The van der Waals surface area contributed by atoms with E-state index >= 15 is 0 Å². The van der Waals surface area contributed by atoms with E-state index < -0.39 is 9.73 Å². The van der Waals surface area contributed by atoms with Gasteiger partial charge in [-0.3, -0.25) is 0 Å². The van der Waals surface area contributed by atoms with Crippen LogP contribution in [0.25, 0.3) is 0 Å². The van der Waals surface area contributed by atoms with Gasteiger partial charge in [-0.25, -0.2) is 4.21 Å². The normalized spacial score (nSPS) is 19.0. The Balaban J connectivity index is 2.27. The Kier molecular flexibility index (Phi) is 3.46. The van der Waals surface area contributed by atoms with Crippen molar-refractivity contribution in [2.75, 3.05) is 11.5 Å². The van der Waals surface area contributed by atoms with Crippen molar-refractivity contribution in [3.8, 4) is 0 Å². The number of hydrogen-bond donors (Lipinski definition) is 0. The zero-order valence-electron chi connectivity index (χ0n) is 8.49. The maximum atomic E-state index is 12.1. The Morgan fingerprint density at radius 2 is 1.80 bits per heavy atom. The molecule has 1 aromatic carbocycles. The van der Waals surface area contributed by atoms with Crippen molar-refractivity contribution < 1.29 is 4.21 Å². The maximum absolute atomic E-state index is 12.1. The largest absolute Gasteiger partial charge is 0.249 e. The molecule has 4 heteroatoms. The van der Waals surface area contributed by atoms with E-state index in [1.54, 1.807) is 0 Å². The number of alkyl halides is 1. The van der Waals surface area contributed by atoms with Crippen LogP contribution in [0.5, 0.6) is 0 Å². The lowest BCUT2D eigenvalue weighted by atomic mass is 10.2. The lowest BCUT2D eigenvalue weighted by Gasteiger charge is -2.01. The van der Waals surface area contributed by atoms with Gasteiger partial charge in [-0.05, 0) is 30.5 Å². The molecule has 0 aromatic heterocycles. The number of nitrogens with zero attached hydrogens (tertiary/aromatic N) is 1. The molecule has 1 aliphatic rings. The average molecular weight is 288 g/mol. The molecular weight excluding hydrogens is 274 g/mol. The monoisotopic (exact) mass is 287 g/mol. The molecular formula is C11H14BrNOS. The molecule has 0 amide bonds. The molecule has 0 unspecified atom stereocenters. The van der Waals surface area contributed by atoms with Crippen molar-refractivity contribution in [2.45, 2.75) is 18.2 Å². The van der Waals surface area contributed by atoms with Crippen molar-refractivity contribution in [1.29, 1.82) is 0 Å². The fourth-order valence-corrected chi connectivity index (χ4v) is 4.26. The Morgan fingerprint density at radius 1 is 1.20 bits per heavy atom. The van der Waals surface area contributed by atoms with Crippen LogP contribution in [0.3, 0.4) is 0 Å². The second-order valence-electron chi connectivity index (χ2n) is 3.78. The van der Waals surface area contributed by atoms with Gasteiger partial charge in [0, 0.05) is 16.8 Å². The third-order valence-electron chi connectivity index (χ3n) is 2.54. The summed E-state index contributed by atoms with van der Waals surface area (Å²) >= 11 is 3.39. The molecule has 15 heavy (non-hydrogen) atoms. The van der Waals surface area contributed by atoms with Crippen LogP contribution in [0, 0.1) is 0 Å². The highest BCUT2D eigenvalue weighted by Gasteiger charge is 2.15. The molecule has 0 spiro atoms. The molecule has 0 saturated carbocycles. The highest BCUT2D eigenvalue weighted by Crippen LogP contribution is 2.21. The van der Waals surface area contributed by atoms with Gasteiger partial charge >= 0.3 is 0 Å². The molecule has 2 nitrogen and oxygen atoms in total. The van der Waals surface area contributed by atoms with E-state index in [1.165, 1.54) is 5.56 Å². The van der Waals surface area contributed by atoms with Crippen LogP contribution in [0.2, 0.25) is 0 Å².